The molecule has 16 heavy (non-hydrogen) atoms. The highest BCUT2D eigenvalue weighted by atomic mass is 16.5. The molecule has 1 aliphatic rings. The SMILES string of the molecule is COC(=O)c1nccc(NC(C)C2CC2)n1. The zero-order valence-electron chi connectivity index (χ0n) is 9.43. The van der Waals surface area contributed by atoms with Gasteiger partial charge in [0.25, 0.3) is 0 Å². The van der Waals surface area contributed by atoms with Gasteiger partial charge in [-0.3, -0.25) is 0 Å². The first-order chi connectivity index (χ1) is 7.70. The molecule has 5 nitrogen and oxygen atoms in total. The molecule has 1 fully saturated rings. The van der Waals surface area contributed by atoms with Crippen molar-refractivity contribution in [1.29, 1.82) is 0 Å². The summed E-state index contributed by atoms with van der Waals surface area (Å²) in [6.07, 6.45) is 4.09. The highest BCUT2D eigenvalue weighted by molar-refractivity contribution is 5.85. The molecule has 1 aromatic rings. The molecule has 5 heteroatoms. The van der Waals surface area contributed by atoms with Crippen LogP contribution in [0.1, 0.15) is 30.4 Å². The van der Waals surface area contributed by atoms with Gasteiger partial charge in [-0.2, -0.15) is 0 Å². The number of hydrogen-bond acceptors (Lipinski definition) is 5. The smallest absolute Gasteiger partial charge is 0.376 e. The largest absolute Gasteiger partial charge is 0.463 e. The second-order valence-electron chi connectivity index (χ2n) is 4.03. The summed E-state index contributed by atoms with van der Waals surface area (Å²) in [5.74, 6) is 0.990. The molecular formula is C11H15N3O2. The standard InChI is InChI=1S/C11H15N3O2/c1-7(8-3-4-8)13-9-5-6-12-10(14-9)11(15)16-2/h5-8H,3-4H2,1-2H3,(H,12,13,14). The molecule has 1 aromatic heterocycles. The number of esters is 1. The van der Waals surface area contributed by atoms with Gasteiger partial charge in [-0.15, -0.1) is 0 Å². The Kier molecular flexibility index (Phi) is 3.03. The Hall–Kier alpha value is -1.65. The molecule has 0 spiro atoms. The summed E-state index contributed by atoms with van der Waals surface area (Å²) in [6, 6.07) is 2.14. The number of ether oxygens (including phenoxy) is 1. The van der Waals surface area contributed by atoms with E-state index in [1.54, 1.807) is 12.3 Å². The summed E-state index contributed by atoms with van der Waals surface area (Å²) in [7, 11) is 1.32. The maximum atomic E-state index is 11.2. The third-order valence-electron chi connectivity index (χ3n) is 2.73. The van der Waals surface area contributed by atoms with Crippen molar-refractivity contribution in [3.63, 3.8) is 0 Å². The number of aromatic nitrogens is 2. The van der Waals surface area contributed by atoms with Crippen LogP contribution in [0.2, 0.25) is 0 Å². The predicted molar refractivity (Wildman–Crippen MR) is 59.2 cm³/mol. The lowest BCUT2D eigenvalue weighted by molar-refractivity contribution is 0.0587. The Labute approximate surface area is 94.2 Å². The van der Waals surface area contributed by atoms with E-state index in [4.69, 9.17) is 0 Å². The zero-order chi connectivity index (χ0) is 11.5. The van der Waals surface area contributed by atoms with Crippen molar-refractivity contribution in [2.24, 2.45) is 5.92 Å². The van der Waals surface area contributed by atoms with Crippen molar-refractivity contribution >= 4 is 11.8 Å². The zero-order valence-corrected chi connectivity index (χ0v) is 9.43. The molecule has 0 aromatic carbocycles. The van der Waals surface area contributed by atoms with Crippen LogP contribution in [0, 0.1) is 5.92 Å². The van der Waals surface area contributed by atoms with Gasteiger partial charge in [0.2, 0.25) is 5.82 Å². The van der Waals surface area contributed by atoms with Crippen molar-refractivity contribution < 1.29 is 9.53 Å². The second-order valence-corrected chi connectivity index (χ2v) is 4.03. The summed E-state index contributed by atoms with van der Waals surface area (Å²) in [5, 5.41) is 3.26. The van der Waals surface area contributed by atoms with Gasteiger partial charge in [-0.25, -0.2) is 14.8 Å². The summed E-state index contributed by atoms with van der Waals surface area (Å²) >= 11 is 0. The molecular weight excluding hydrogens is 206 g/mol. The Morgan fingerprint density at radius 2 is 2.38 bits per heavy atom. The summed E-state index contributed by atoms with van der Waals surface area (Å²) in [6.45, 7) is 2.12. The number of methoxy groups -OCH3 is 1. The Morgan fingerprint density at radius 1 is 1.62 bits per heavy atom. The van der Waals surface area contributed by atoms with Gasteiger partial charge in [0.15, 0.2) is 0 Å². The number of carbonyl (C=O) groups excluding carboxylic acids is 1. The minimum absolute atomic E-state index is 0.0931. The quantitative estimate of drug-likeness (QED) is 0.780. The topological polar surface area (TPSA) is 64.1 Å². The van der Waals surface area contributed by atoms with Gasteiger partial charge in [0.1, 0.15) is 5.82 Å². The lowest BCUT2D eigenvalue weighted by Crippen LogP contribution is -2.19. The van der Waals surface area contributed by atoms with Crippen molar-refractivity contribution in [3.05, 3.63) is 18.1 Å². The maximum Gasteiger partial charge on any atom is 0.376 e. The molecule has 1 atom stereocenters. The normalized spacial score (nSPS) is 16.6. The summed E-state index contributed by atoms with van der Waals surface area (Å²) in [5.41, 5.74) is 0. The van der Waals surface area contributed by atoms with E-state index in [0.717, 1.165) is 5.92 Å². The molecule has 1 saturated carbocycles. The first-order valence-corrected chi connectivity index (χ1v) is 5.38. The number of carbonyl (C=O) groups is 1. The predicted octanol–water partition coefficient (Wildman–Crippen LogP) is 1.47. The molecule has 0 radical (unpaired) electrons. The summed E-state index contributed by atoms with van der Waals surface area (Å²) < 4.78 is 4.56. The number of nitrogens with zero attached hydrogens (tertiary/aromatic N) is 2. The van der Waals surface area contributed by atoms with Crippen molar-refractivity contribution in [3.8, 4) is 0 Å². The fourth-order valence-electron chi connectivity index (χ4n) is 1.58. The van der Waals surface area contributed by atoms with E-state index in [0.29, 0.717) is 11.9 Å². The average Bonchev–Trinajstić information content (AvgIpc) is 3.12. The second kappa shape index (κ2) is 4.47. The van der Waals surface area contributed by atoms with Crippen LogP contribution in [-0.4, -0.2) is 29.1 Å². The van der Waals surface area contributed by atoms with Gasteiger partial charge < -0.3 is 10.1 Å². The first kappa shape index (κ1) is 10.9. The Balaban J connectivity index is 2.06. The fourth-order valence-corrected chi connectivity index (χ4v) is 1.58. The van der Waals surface area contributed by atoms with Crippen LogP contribution in [0.4, 0.5) is 5.82 Å². The third kappa shape index (κ3) is 2.48. The monoisotopic (exact) mass is 221 g/mol. The molecule has 0 saturated heterocycles. The molecule has 0 bridgehead atoms. The number of rotatable bonds is 4. The minimum atomic E-state index is -0.511. The van der Waals surface area contributed by atoms with Crippen LogP contribution < -0.4 is 5.32 Å². The molecule has 1 unspecified atom stereocenters. The van der Waals surface area contributed by atoms with Crippen LogP contribution >= 0.6 is 0 Å². The van der Waals surface area contributed by atoms with E-state index >= 15 is 0 Å². The van der Waals surface area contributed by atoms with E-state index in [9.17, 15) is 4.79 Å². The van der Waals surface area contributed by atoms with Crippen molar-refractivity contribution in [1.82, 2.24) is 9.97 Å². The molecule has 1 heterocycles. The molecule has 86 valence electrons. The van der Waals surface area contributed by atoms with E-state index in [-0.39, 0.29) is 5.82 Å². The average molecular weight is 221 g/mol. The van der Waals surface area contributed by atoms with Crippen molar-refractivity contribution in [2.45, 2.75) is 25.8 Å². The minimum Gasteiger partial charge on any atom is -0.463 e. The van der Waals surface area contributed by atoms with Crippen LogP contribution in [0.15, 0.2) is 12.3 Å². The van der Waals surface area contributed by atoms with Crippen LogP contribution in [-0.2, 0) is 4.74 Å². The number of anilines is 1. The summed E-state index contributed by atoms with van der Waals surface area (Å²) in [4.78, 5) is 19.2. The first-order valence-electron chi connectivity index (χ1n) is 5.38. The Morgan fingerprint density at radius 3 is 3.00 bits per heavy atom. The molecule has 1 aliphatic carbocycles. The van der Waals surface area contributed by atoms with Crippen LogP contribution in [0.5, 0.6) is 0 Å². The molecule has 0 aliphatic heterocycles. The third-order valence-corrected chi connectivity index (χ3v) is 2.73. The number of hydrogen-bond donors (Lipinski definition) is 1. The number of nitrogens with one attached hydrogen (secondary N) is 1. The van der Waals surface area contributed by atoms with Crippen LogP contribution in [0.25, 0.3) is 0 Å². The van der Waals surface area contributed by atoms with Gasteiger partial charge in [-0.1, -0.05) is 0 Å². The van der Waals surface area contributed by atoms with Crippen molar-refractivity contribution in [2.75, 3.05) is 12.4 Å². The van der Waals surface area contributed by atoms with E-state index in [1.807, 2.05) is 0 Å². The molecule has 2 rings (SSSR count). The van der Waals surface area contributed by atoms with E-state index < -0.39 is 5.97 Å². The fraction of sp³-hybridized carbons (Fsp3) is 0.545. The lowest BCUT2D eigenvalue weighted by Gasteiger charge is -2.13. The van der Waals surface area contributed by atoms with E-state index in [1.165, 1.54) is 20.0 Å². The van der Waals surface area contributed by atoms with Gasteiger partial charge in [-0.05, 0) is 31.7 Å². The van der Waals surface area contributed by atoms with Gasteiger partial charge in [0.05, 0.1) is 7.11 Å². The van der Waals surface area contributed by atoms with Gasteiger partial charge in [0, 0.05) is 12.2 Å². The van der Waals surface area contributed by atoms with Gasteiger partial charge >= 0.3 is 5.97 Å². The lowest BCUT2D eigenvalue weighted by atomic mass is 10.2. The van der Waals surface area contributed by atoms with E-state index in [2.05, 4.69) is 26.9 Å². The molecule has 0 amide bonds. The molecule has 1 N–H and O–H groups in total. The maximum absolute atomic E-state index is 11.2. The highest BCUT2D eigenvalue weighted by Crippen LogP contribution is 2.33. The van der Waals surface area contributed by atoms with Crippen LogP contribution in [0.3, 0.4) is 0 Å². The Bertz CT molecular complexity index is 391. The highest BCUT2D eigenvalue weighted by Gasteiger charge is 2.28.